The van der Waals surface area contributed by atoms with Crippen LogP contribution in [-0.4, -0.2) is 23.1 Å². The van der Waals surface area contributed by atoms with Gasteiger partial charge in [0.25, 0.3) is 0 Å². The van der Waals surface area contributed by atoms with Crippen LogP contribution in [0.5, 0.6) is 0 Å². The molecule has 1 amide bonds. The largest absolute Gasteiger partial charge is 0.444 e. The lowest BCUT2D eigenvalue weighted by Gasteiger charge is -2.28. The molecule has 0 spiro atoms. The van der Waals surface area contributed by atoms with E-state index in [1.807, 2.05) is 25.7 Å². The van der Waals surface area contributed by atoms with E-state index in [9.17, 15) is 4.79 Å². The zero-order valence-electron chi connectivity index (χ0n) is 11.8. The van der Waals surface area contributed by atoms with E-state index in [1.54, 1.807) is 0 Å². The molecule has 3 nitrogen and oxygen atoms in total. The van der Waals surface area contributed by atoms with Crippen molar-refractivity contribution >= 4 is 6.09 Å². The Kier molecular flexibility index (Phi) is 2.80. The molecule has 1 aliphatic heterocycles. The summed E-state index contributed by atoms with van der Waals surface area (Å²) in [5.74, 6) is 0.574. The molecule has 1 aliphatic carbocycles. The van der Waals surface area contributed by atoms with Crippen LogP contribution in [0.4, 0.5) is 4.79 Å². The number of likely N-dealkylation sites (tertiary alicyclic amines) is 1. The highest BCUT2D eigenvalue weighted by molar-refractivity contribution is 5.70. The van der Waals surface area contributed by atoms with Gasteiger partial charge in [0.2, 0.25) is 0 Å². The maximum absolute atomic E-state index is 12.3. The first kappa shape index (κ1) is 12.5. The van der Waals surface area contributed by atoms with Crippen LogP contribution < -0.4 is 0 Å². The van der Waals surface area contributed by atoms with Crippen LogP contribution >= 0.6 is 0 Å². The van der Waals surface area contributed by atoms with Crippen LogP contribution in [0.2, 0.25) is 0 Å². The van der Waals surface area contributed by atoms with Crippen molar-refractivity contribution in [1.29, 1.82) is 0 Å². The number of nitrogens with zero attached hydrogens (tertiary/aromatic N) is 1. The number of carbonyl (C=O) groups is 1. The molecule has 1 saturated heterocycles. The van der Waals surface area contributed by atoms with E-state index in [0.29, 0.717) is 5.92 Å². The molecule has 2 unspecified atom stereocenters. The van der Waals surface area contributed by atoms with E-state index < -0.39 is 5.60 Å². The second-order valence-corrected chi connectivity index (χ2v) is 6.57. The molecule has 1 fully saturated rings. The van der Waals surface area contributed by atoms with E-state index in [4.69, 9.17) is 4.74 Å². The highest BCUT2D eigenvalue weighted by Gasteiger charge is 2.44. The van der Waals surface area contributed by atoms with Crippen LogP contribution in [0.3, 0.4) is 0 Å². The summed E-state index contributed by atoms with van der Waals surface area (Å²) < 4.78 is 5.53. The van der Waals surface area contributed by atoms with Gasteiger partial charge in [0, 0.05) is 6.54 Å². The molecular formula is C16H21NO2. The predicted octanol–water partition coefficient (Wildman–Crippen LogP) is 3.54. The Labute approximate surface area is 114 Å². The van der Waals surface area contributed by atoms with Gasteiger partial charge in [-0.2, -0.15) is 0 Å². The highest BCUT2D eigenvalue weighted by atomic mass is 16.6. The fraction of sp³-hybridized carbons (Fsp3) is 0.562. The van der Waals surface area contributed by atoms with Gasteiger partial charge < -0.3 is 9.64 Å². The SMILES string of the molecule is CC(C)(C)OC(=O)N1CCC2Cc3ccccc3C21. The Bertz CT molecular complexity index is 504. The first-order chi connectivity index (χ1) is 8.96. The summed E-state index contributed by atoms with van der Waals surface area (Å²) >= 11 is 0. The molecule has 102 valence electrons. The quantitative estimate of drug-likeness (QED) is 0.713. The van der Waals surface area contributed by atoms with E-state index in [0.717, 1.165) is 19.4 Å². The van der Waals surface area contributed by atoms with Gasteiger partial charge >= 0.3 is 6.09 Å². The number of amides is 1. The zero-order chi connectivity index (χ0) is 13.6. The maximum atomic E-state index is 12.3. The molecule has 0 saturated carbocycles. The van der Waals surface area contributed by atoms with Gasteiger partial charge in [-0.1, -0.05) is 24.3 Å². The van der Waals surface area contributed by atoms with Gasteiger partial charge in [-0.25, -0.2) is 4.79 Å². The highest BCUT2D eigenvalue weighted by Crippen LogP contribution is 2.46. The minimum atomic E-state index is -0.423. The lowest BCUT2D eigenvalue weighted by molar-refractivity contribution is 0.0213. The van der Waals surface area contributed by atoms with E-state index >= 15 is 0 Å². The van der Waals surface area contributed by atoms with Crippen molar-refractivity contribution < 1.29 is 9.53 Å². The summed E-state index contributed by atoms with van der Waals surface area (Å²) in [6.45, 7) is 6.57. The van der Waals surface area contributed by atoms with Crippen molar-refractivity contribution in [3.8, 4) is 0 Å². The van der Waals surface area contributed by atoms with Crippen LogP contribution in [0.25, 0.3) is 0 Å². The predicted molar refractivity (Wildman–Crippen MR) is 73.9 cm³/mol. The zero-order valence-corrected chi connectivity index (χ0v) is 11.8. The van der Waals surface area contributed by atoms with Gasteiger partial charge in [0.1, 0.15) is 5.60 Å². The average molecular weight is 259 g/mol. The average Bonchev–Trinajstić information content (AvgIpc) is 2.84. The maximum Gasteiger partial charge on any atom is 0.410 e. The monoisotopic (exact) mass is 259 g/mol. The van der Waals surface area contributed by atoms with Crippen molar-refractivity contribution in [1.82, 2.24) is 4.90 Å². The standard InChI is InChI=1S/C16H21NO2/c1-16(2,3)19-15(18)17-9-8-12-10-11-6-4-5-7-13(11)14(12)17/h4-7,12,14H,8-10H2,1-3H3. The number of benzene rings is 1. The van der Waals surface area contributed by atoms with Gasteiger partial charge in [0.15, 0.2) is 0 Å². The minimum absolute atomic E-state index is 0.170. The molecule has 0 bridgehead atoms. The fourth-order valence-corrected chi connectivity index (χ4v) is 3.31. The van der Waals surface area contributed by atoms with Crippen LogP contribution in [0.15, 0.2) is 24.3 Å². The normalized spacial score (nSPS) is 25.1. The number of fused-ring (bicyclic) bond motifs is 3. The van der Waals surface area contributed by atoms with Crippen LogP contribution in [0.1, 0.15) is 44.4 Å². The Morgan fingerprint density at radius 3 is 2.79 bits per heavy atom. The molecule has 0 aromatic heterocycles. The molecular weight excluding hydrogens is 238 g/mol. The number of hydrogen-bond acceptors (Lipinski definition) is 2. The van der Waals surface area contributed by atoms with Crippen LogP contribution in [-0.2, 0) is 11.2 Å². The van der Waals surface area contributed by atoms with E-state index in [-0.39, 0.29) is 12.1 Å². The fourth-order valence-electron chi connectivity index (χ4n) is 3.31. The minimum Gasteiger partial charge on any atom is -0.444 e. The third-order valence-electron chi connectivity index (χ3n) is 4.01. The van der Waals surface area contributed by atoms with Crippen LogP contribution in [0, 0.1) is 5.92 Å². The molecule has 19 heavy (non-hydrogen) atoms. The molecule has 3 heteroatoms. The first-order valence-corrected chi connectivity index (χ1v) is 7.03. The second kappa shape index (κ2) is 4.26. The lowest BCUT2D eigenvalue weighted by Crippen LogP contribution is -2.36. The second-order valence-electron chi connectivity index (χ2n) is 6.57. The third-order valence-corrected chi connectivity index (χ3v) is 4.01. The lowest BCUT2D eigenvalue weighted by atomic mass is 10.0. The molecule has 1 heterocycles. The molecule has 2 atom stereocenters. The number of ether oxygens (including phenoxy) is 1. The number of rotatable bonds is 0. The molecule has 1 aromatic rings. The molecule has 3 rings (SSSR count). The van der Waals surface area contributed by atoms with Gasteiger partial charge in [-0.3, -0.25) is 0 Å². The van der Waals surface area contributed by atoms with Crippen molar-refractivity contribution in [3.63, 3.8) is 0 Å². The first-order valence-electron chi connectivity index (χ1n) is 7.03. The van der Waals surface area contributed by atoms with Crippen molar-refractivity contribution in [2.24, 2.45) is 5.92 Å². The Hall–Kier alpha value is -1.51. The van der Waals surface area contributed by atoms with Gasteiger partial charge in [0.05, 0.1) is 6.04 Å². The van der Waals surface area contributed by atoms with Gasteiger partial charge in [-0.05, 0) is 50.7 Å². The third kappa shape index (κ3) is 2.22. The smallest absolute Gasteiger partial charge is 0.410 e. The summed E-state index contributed by atoms with van der Waals surface area (Å²) in [7, 11) is 0. The summed E-state index contributed by atoms with van der Waals surface area (Å²) in [4.78, 5) is 14.2. The molecule has 0 N–H and O–H groups in total. The summed E-state index contributed by atoms with van der Waals surface area (Å²) in [5.41, 5.74) is 2.29. The van der Waals surface area contributed by atoms with E-state index in [2.05, 4.69) is 24.3 Å². The topological polar surface area (TPSA) is 29.5 Å². The van der Waals surface area contributed by atoms with E-state index in [1.165, 1.54) is 11.1 Å². The summed E-state index contributed by atoms with van der Waals surface area (Å²) in [6, 6.07) is 8.71. The molecule has 2 aliphatic rings. The summed E-state index contributed by atoms with van der Waals surface area (Å²) in [5, 5.41) is 0. The Morgan fingerprint density at radius 2 is 2.05 bits per heavy atom. The Balaban J connectivity index is 1.84. The number of carbonyl (C=O) groups excluding carboxylic acids is 1. The molecule has 1 aromatic carbocycles. The molecule has 0 radical (unpaired) electrons. The van der Waals surface area contributed by atoms with Crippen molar-refractivity contribution in [2.75, 3.05) is 6.54 Å². The summed E-state index contributed by atoms with van der Waals surface area (Å²) in [6.07, 6.45) is 2.01. The Morgan fingerprint density at radius 1 is 1.32 bits per heavy atom. The number of hydrogen-bond donors (Lipinski definition) is 0. The van der Waals surface area contributed by atoms with Crippen molar-refractivity contribution in [3.05, 3.63) is 35.4 Å². The van der Waals surface area contributed by atoms with Crippen molar-refractivity contribution in [2.45, 2.75) is 45.3 Å². The van der Waals surface area contributed by atoms with Gasteiger partial charge in [-0.15, -0.1) is 0 Å².